The summed E-state index contributed by atoms with van der Waals surface area (Å²) in [5.41, 5.74) is 3.07. The van der Waals surface area contributed by atoms with E-state index in [2.05, 4.69) is 52.4 Å². The van der Waals surface area contributed by atoms with Crippen molar-refractivity contribution in [2.24, 2.45) is 0 Å². The molecule has 0 aliphatic carbocycles. The summed E-state index contributed by atoms with van der Waals surface area (Å²) < 4.78 is 0. The van der Waals surface area contributed by atoms with Crippen molar-refractivity contribution in [1.82, 2.24) is 15.1 Å². The molecule has 0 unspecified atom stereocenters. The van der Waals surface area contributed by atoms with Gasteiger partial charge in [-0.15, -0.1) is 0 Å². The van der Waals surface area contributed by atoms with Crippen molar-refractivity contribution in [3.63, 3.8) is 0 Å². The third-order valence-electron chi connectivity index (χ3n) is 6.21. The zero-order chi connectivity index (χ0) is 24.2. The number of likely N-dealkylation sites (N-methyl/N-ethyl adjacent to an activating group) is 1. The highest BCUT2D eigenvalue weighted by molar-refractivity contribution is 5.95. The van der Waals surface area contributed by atoms with Crippen LogP contribution in [0.25, 0.3) is 0 Å². The van der Waals surface area contributed by atoms with Gasteiger partial charge in [-0.2, -0.15) is 5.26 Å². The molecule has 1 aliphatic heterocycles. The van der Waals surface area contributed by atoms with Gasteiger partial charge in [0, 0.05) is 64.3 Å². The van der Waals surface area contributed by atoms with E-state index in [9.17, 15) is 9.59 Å². The zero-order valence-electron chi connectivity index (χ0n) is 20.1. The highest BCUT2D eigenvalue weighted by Crippen LogP contribution is 2.16. The maximum absolute atomic E-state index is 12.7. The summed E-state index contributed by atoms with van der Waals surface area (Å²) in [6, 6.07) is 19.7. The quantitative estimate of drug-likeness (QED) is 0.556. The summed E-state index contributed by atoms with van der Waals surface area (Å²) in [4.78, 5) is 31.6. The average Bonchev–Trinajstić information content (AvgIpc) is 2.88. The van der Waals surface area contributed by atoms with Gasteiger partial charge >= 0.3 is 0 Å². The van der Waals surface area contributed by atoms with Crippen LogP contribution in [0.15, 0.2) is 54.6 Å². The average molecular weight is 462 g/mol. The second-order valence-electron chi connectivity index (χ2n) is 8.59. The molecular formula is C27H35N5O2. The van der Waals surface area contributed by atoms with Gasteiger partial charge in [0.2, 0.25) is 11.8 Å². The minimum absolute atomic E-state index is 0.108. The van der Waals surface area contributed by atoms with Crippen molar-refractivity contribution in [2.45, 2.75) is 39.3 Å². The van der Waals surface area contributed by atoms with Gasteiger partial charge in [-0.1, -0.05) is 49.4 Å². The molecule has 0 radical (unpaired) electrons. The molecule has 2 aromatic carbocycles. The highest BCUT2D eigenvalue weighted by Gasteiger charge is 2.17. The van der Waals surface area contributed by atoms with Crippen LogP contribution in [0.4, 0.5) is 5.69 Å². The number of hydrogen-bond donors (Lipinski definition) is 1. The first-order valence-corrected chi connectivity index (χ1v) is 12.1. The topological polar surface area (TPSA) is 79.7 Å². The van der Waals surface area contributed by atoms with Crippen molar-refractivity contribution >= 4 is 17.5 Å². The van der Waals surface area contributed by atoms with Crippen LogP contribution in [0.2, 0.25) is 0 Å². The number of carbonyl (C=O) groups is 2. The van der Waals surface area contributed by atoms with Gasteiger partial charge in [0.15, 0.2) is 0 Å². The summed E-state index contributed by atoms with van der Waals surface area (Å²) in [6.45, 7) is 9.51. The van der Waals surface area contributed by atoms with Crippen LogP contribution in [-0.2, 0) is 22.7 Å². The second-order valence-corrected chi connectivity index (χ2v) is 8.59. The summed E-state index contributed by atoms with van der Waals surface area (Å²) in [7, 11) is 0. The van der Waals surface area contributed by atoms with Crippen LogP contribution in [-0.4, -0.2) is 60.9 Å². The van der Waals surface area contributed by atoms with E-state index in [1.807, 2.05) is 30.3 Å². The Morgan fingerprint density at radius 2 is 1.59 bits per heavy atom. The number of hydrogen-bond acceptors (Lipinski definition) is 5. The zero-order valence-corrected chi connectivity index (χ0v) is 20.1. The van der Waals surface area contributed by atoms with E-state index >= 15 is 0 Å². The fourth-order valence-electron chi connectivity index (χ4n) is 4.10. The first-order chi connectivity index (χ1) is 16.6. The summed E-state index contributed by atoms with van der Waals surface area (Å²) in [5.74, 6) is -0.305. The Balaban J connectivity index is 1.41. The van der Waals surface area contributed by atoms with Crippen LogP contribution in [0.3, 0.4) is 0 Å². The molecule has 34 heavy (non-hydrogen) atoms. The molecule has 3 rings (SSSR count). The standard InChI is InChI=1S/C27H35N5O2/c1-2-30-17-19-31(20-18-30)22-24-11-9-23(10-12-24)21-29-26(33)13-14-27(34)32(16-6-15-28)25-7-4-3-5-8-25/h3-5,7-12H,2,6,13-14,16-22H2,1H3,(H,29,33). The summed E-state index contributed by atoms with van der Waals surface area (Å²) in [5, 5.41) is 11.8. The number of carbonyl (C=O) groups excluding carboxylic acids is 2. The van der Waals surface area contributed by atoms with Crippen LogP contribution in [0.5, 0.6) is 0 Å². The number of rotatable bonds is 11. The molecule has 2 aromatic rings. The lowest BCUT2D eigenvalue weighted by atomic mass is 10.1. The maximum atomic E-state index is 12.7. The van der Waals surface area contributed by atoms with Crippen molar-refractivity contribution in [3.05, 3.63) is 65.7 Å². The van der Waals surface area contributed by atoms with E-state index in [4.69, 9.17) is 5.26 Å². The maximum Gasteiger partial charge on any atom is 0.227 e. The smallest absolute Gasteiger partial charge is 0.227 e. The van der Waals surface area contributed by atoms with Crippen LogP contribution in [0, 0.1) is 11.3 Å². The lowest BCUT2D eigenvalue weighted by Crippen LogP contribution is -2.45. The minimum Gasteiger partial charge on any atom is -0.352 e. The Kier molecular flexibility index (Phi) is 10.1. The molecule has 0 saturated carbocycles. The molecule has 1 N–H and O–H groups in total. The Morgan fingerprint density at radius 3 is 2.24 bits per heavy atom. The molecule has 7 heteroatoms. The molecular weight excluding hydrogens is 426 g/mol. The van der Waals surface area contributed by atoms with Gasteiger partial charge in [-0.05, 0) is 29.8 Å². The number of piperazine rings is 1. The number of anilines is 1. The lowest BCUT2D eigenvalue weighted by Gasteiger charge is -2.34. The van der Waals surface area contributed by atoms with Crippen molar-refractivity contribution in [2.75, 3.05) is 44.2 Å². The van der Waals surface area contributed by atoms with Crippen LogP contribution in [0.1, 0.15) is 37.3 Å². The van der Waals surface area contributed by atoms with Gasteiger partial charge in [0.1, 0.15) is 0 Å². The first kappa shape index (κ1) is 25.4. The SMILES string of the molecule is CCN1CCN(Cc2ccc(CNC(=O)CCC(=O)N(CCC#N)c3ccccc3)cc2)CC1. The first-order valence-electron chi connectivity index (χ1n) is 12.1. The number of nitrogens with one attached hydrogen (secondary N) is 1. The number of nitrogens with zero attached hydrogens (tertiary/aromatic N) is 4. The molecule has 7 nitrogen and oxygen atoms in total. The third kappa shape index (κ3) is 7.98. The van der Waals surface area contributed by atoms with Crippen molar-refractivity contribution in [1.29, 1.82) is 5.26 Å². The van der Waals surface area contributed by atoms with E-state index in [-0.39, 0.29) is 31.1 Å². The fraction of sp³-hybridized carbons (Fsp3) is 0.444. The largest absolute Gasteiger partial charge is 0.352 e. The molecule has 1 aliphatic rings. The Hall–Kier alpha value is -3.21. The third-order valence-corrected chi connectivity index (χ3v) is 6.21. The molecule has 2 amide bonds. The lowest BCUT2D eigenvalue weighted by molar-refractivity contribution is -0.125. The number of para-hydroxylation sites is 1. The summed E-state index contributed by atoms with van der Waals surface area (Å²) >= 11 is 0. The Bertz CT molecular complexity index is 947. The van der Waals surface area contributed by atoms with Crippen molar-refractivity contribution < 1.29 is 9.59 Å². The van der Waals surface area contributed by atoms with E-state index in [0.29, 0.717) is 13.1 Å². The van der Waals surface area contributed by atoms with Crippen LogP contribution >= 0.6 is 0 Å². The van der Waals surface area contributed by atoms with Gasteiger partial charge in [-0.25, -0.2) is 0 Å². The van der Waals surface area contributed by atoms with Gasteiger partial charge in [0.25, 0.3) is 0 Å². The molecule has 0 spiro atoms. The number of benzene rings is 2. The van der Waals surface area contributed by atoms with Gasteiger partial charge < -0.3 is 15.1 Å². The van der Waals surface area contributed by atoms with E-state index in [0.717, 1.165) is 50.5 Å². The van der Waals surface area contributed by atoms with Gasteiger partial charge in [-0.3, -0.25) is 14.5 Å². The highest BCUT2D eigenvalue weighted by atomic mass is 16.2. The minimum atomic E-state index is -0.153. The van der Waals surface area contributed by atoms with E-state index in [1.165, 1.54) is 5.56 Å². The second kappa shape index (κ2) is 13.5. The molecule has 0 aromatic heterocycles. The van der Waals surface area contributed by atoms with Crippen molar-refractivity contribution in [3.8, 4) is 6.07 Å². The monoisotopic (exact) mass is 461 g/mol. The number of amides is 2. The van der Waals surface area contributed by atoms with Crippen LogP contribution < -0.4 is 10.2 Å². The van der Waals surface area contributed by atoms with E-state index < -0.39 is 0 Å². The predicted molar refractivity (Wildman–Crippen MR) is 134 cm³/mol. The molecule has 1 heterocycles. The van der Waals surface area contributed by atoms with Gasteiger partial charge in [0.05, 0.1) is 12.5 Å². The predicted octanol–water partition coefficient (Wildman–Crippen LogP) is 3.17. The summed E-state index contributed by atoms with van der Waals surface area (Å²) in [6.07, 6.45) is 0.477. The van der Waals surface area contributed by atoms with E-state index in [1.54, 1.807) is 4.90 Å². The molecule has 1 fully saturated rings. The molecule has 1 saturated heterocycles. The Labute approximate surface area is 203 Å². The number of nitriles is 1. The molecule has 0 bridgehead atoms. The fourth-order valence-corrected chi connectivity index (χ4v) is 4.10. The Morgan fingerprint density at radius 1 is 0.941 bits per heavy atom. The molecule has 180 valence electrons. The normalized spacial score (nSPS) is 14.4. The molecule has 0 atom stereocenters.